The topological polar surface area (TPSA) is 66.9 Å². The van der Waals surface area contributed by atoms with E-state index in [1.165, 1.54) is 19.3 Å². The zero-order chi connectivity index (χ0) is 21.0. The van der Waals surface area contributed by atoms with Gasteiger partial charge in [0.2, 0.25) is 5.95 Å². The molecule has 1 fully saturated rings. The number of carbonyl (C=O) groups excluding carboxylic acids is 1. The summed E-state index contributed by atoms with van der Waals surface area (Å²) < 4.78 is 0. The number of hydrogen-bond donors (Lipinski definition) is 2. The molecule has 2 N–H and O–H groups in total. The fraction of sp³-hybridized carbons (Fsp3) is 0.400. The van der Waals surface area contributed by atoms with Crippen molar-refractivity contribution >= 4 is 17.5 Å². The van der Waals surface area contributed by atoms with E-state index in [1.807, 2.05) is 55.6 Å². The number of allylic oxidation sites excluding steroid dienone is 2. The first-order chi connectivity index (χ1) is 14.5. The second kappa shape index (κ2) is 8.82. The SMILES string of the molecule is Cc1cnc(Nc2ccccc2)nc1C1(C)C=CC(C(=O)NC2CCCCC2)=CC1. The summed E-state index contributed by atoms with van der Waals surface area (Å²) in [5.41, 5.74) is 3.47. The molecule has 156 valence electrons. The molecule has 1 aromatic carbocycles. The lowest BCUT2D eigenvalue weighted by Gasteiger charge is -2.29. The number of aromatic nitrogens is 2. The van der Waals surface area contributed by atoms with Crippen LogP contribution in [0.2, 0.25) is 0 Å². The molecule has 1 aromatic heterocycles. The van der Waals surface area contributed by atoms with E-state index in [0.29, 0.717) is 12.0 Å². The van der Waals surface area contributed by atoms with Crippen molar-refractivity contribution in [3.05, 3.63) is 71.6 Å². The smallest absolute Gasteiger partial charge is 0.251 e. The van der Waals surface area contributed by atoms with Gasteiger partial charge in [0.05, 0.1) is 5.69 Å². The monoisotopic (exact) mass is 402 g/mol. The number of rotatable bonds is 5. The first-order valence-electron chi connectivity index (χ1n) is 10.9. The Labute approximate surface area is 178 Å². The van der Waals surface area contributed by atoms with E-state index in [2.05, 4.69) is 28.6 Å². The predicted molar refractivity (Wildman–Crippen MR) is 121 cm³/mol. The Bertz CT molecular complexity index is 960. The molecule has 0 saturated heterocycles. The van der Waals surface area contributed by atoms with Crippen molar-refractivity contribution in [1.82, 2.24) is 15.3 Å². The van der Waals surface area contributed by atoms with Crippen LogP contribution < -0.4 is 10.6 Å². The van der Waals surface area contributed by atoms with E-state index < -0.39 is 0 Å². The van der Waals surface area contributed by atoms with Gasteiger partial charge >= 0.3 is 0 Å². The molecule has 0 spiro atoms. The number of amides is 1. The van der Waals surface area contributed by atoms with Crippen LogP contribution >= 0.6 is 0 Å². The molecule has 1 unspecified atom stereocenters. The van der Waals surface area contributed by atoms with E-state index >= 15 is 0 Å². The zero-order valence-electron chi connectivity index (χ0n) is 17.8. The van der Waals surface area contributed by atoms with Gasteiger partial charge < -0.3 is 10.6 Å². The van der Waals surface area contributed by atoms with Crippen LogP contribution in [0.1, 0.15) is 56.7 Å². The summed E-state index contributed by atoms with van der Waals surface area (Å²) in [6.45, 7) is 4.20. The summed E-state index contributed by atoms with van der Waals surface area (Å²) in [5.74, 6) is 0.632. The minimum Gasteiger partial charge on any atom is -0.349 e. The van der Waals surface area contributed by atoms with Crippen LogP contribution in [0.5, 0.6) is 0 Å². The highest BCUT2D eigenvalue weighted by atomic mass is 16.1. The average Bonchev–Trinajstić information content (AvgIpc) is 2.77. The first kappa shape index (κ1) is 20.3. The predicted octanol–water partition coefficient (Wildman–Crippen LogP) is 5.12. The molecule has 5 heteroatoms. The van der Waals surface area contributed by atoms with Crippen molar-refractivity contribution in [2.24, 2.45) is 0 Å². The van der Waals surface area contributed by atoms with Gasteiger partial charge in [-0.3, -0.25) is 4.79 Å². The second-order valence-corrected chi connectivity index (χ2v) is 8.64. The molecule has 0 radical (unpaired) electrons. The number of nitrogens with zero attached hydrogens (tertiary/aromatic N) is 2. The number of benzene rings is 1. The lowest BCUT2D eigenvalue weighted by molar-refractivity contribution is -0.118. The summed E-state index contributed by atoms with van der Waals surface area (Å²) in [6.07, 6.45) is 14.6. The van der Waals surface area contributed by atoms with Crippen LogP contribution in [0.25, 0.3) is 0 Å². The quantitative estimate of drug-likeness (QED) is 0.728. The maximum Gasteiger partial charge on any atom is 0.251 e. The van der Waals surface area contributed by atoms with Crippen LogP contribution in [0.4, 0.5) is 11.6 Å². The Morgan fingerprint density at radius 1 is 1.13 bits per heavy atom. The molecule has 1 saturated carbocycles. The minimum absolute atomic E-state index is 0.0473. The molecule has 5 nitrogen and oxygen atoms in total. The molecule has 0 aliphatic heterocycles. The molecule has 30 heavy (non-hydrogen) atoms. The second-order valence-electron chi connectivity index (χ2n) is 8.64. The van der Waals surface area contributed by atoms with Gasteiger partial charge in [0.25, 0.3) is 5.91 Å². The lowest BCUT2D eigenvalue weighted by Crippen LogP contribution is -2.37. The fourth-order valence-corrected chi connectivity index (χ4v) is 4.32. The molecular weight excluding hydrogens is 372 g/mol. The number of anilines is 2. The van der Waals surface area contributed by atoms with Gasteiger partial charge in [-0.25, -0.2) is 9.97 Å². The molecule has 0 bridgehead atoms. The van der Waals surface area contributed by atoms with E-state index in [9.17, 15) is 4.79 Å². The van der Waals surface area contributed by atoms with Crippen molar-refractivity contribution in [3.63, 3.8) is 0 Å². The van der Waals surface area contributed by atoms with Gasteiger partial charge in [-0.1, -0.05) is 62.6 Å². The van der Waals surface area contributed by atoms with Gasteiger partial charge in [-0.15, -0.1) is 0 Å². The minimum atomic E-state index is -0.269. The zero-order valence-corrected chi connectivity index (χ0v) is 17.8. The van der Waals surface area contributed by atoms with Crippen LogP contribution in [-0.2, 0) is 10.2 Å². The van der Waals surface area contributed by atoms with Crippen molar-refractivity contribution in [3.8, 4) is 0 Å². The third-order valence-corrected chi connectivity index (χ3v) is 6.12. The van der Waals surface area contributed by atoms with Crippen molar-refractivity contribution in [2.75, 3.05) is 5.32 Å². The lowest BCUT2D eigenvalue weighted by atomic mass is 9.77. The van der Waals surface area contributed by atoms with Crippen molar-refractivity contribution < 1.29 is 4.79 Å². The van der Waals surface area contributed by atoms with Crippen LogP contribution in [-0.4, -0.2) is 21.9 Å². The highest BCUT2D eigenvalue weighted by molar-refractivity contribution is 5.96. The van der Waals surface area contributed by atoms with E-state index in [-0.39, 0.29) is 11.3 Å². The highest BCUT2D eigenvalue weighted by Gasteiger charge is 2.30. The molecule has 2 aromatic rings. The van der Waals surface area contributed by atoms with Crippen LogP contribution in [0.15, 0.2) is 60.3 Å². The molecule has 2 aliphatic rings. The number of carbonyl (C=O) groups is 1. The average molecular weight is 403 g/mol. The van der Waals surface area contributed by atoms with E-state index in [4.69, 9.17) is 4.98 Å². The molecular formula is C25H30N4O. The standard InChI is InChI=1S/C25H30N4O/c1-18-17-26-24(28-21-11-7-4-8-12-21)29-22(18)25(2)15-13-19(14-16-25)23(30)27-20-9-5-3-6-10-20/h4,7-8,11-15,17,20H,3,5-6,9-10,16H2,1-2H3,(H,27,30)(H,26,28,29). The Morgan fingerprint density at radius 3 is 2.60 bits per heavy atom. The molecule has 1 amide bonds. The first-order valence-corrected chi connectivity index (χ1v) is 10.9. The molecule has 2 aliphatic carbocycles. The largest absolute Gasteiger partial charge is 0.349 e. The van der Waals surface area contributed by atoms with Gasteiger partial charge in [-0.2, -0.15) is 0 Å². The molecule has 4 rings (SSSR count). The Balaban J connectivity index is 1.47. The number of aryl methyl sites for hydroxylation is 1. The Kier molecular flexibility index (Phi) is 5.98. The Hall–Kier alpha value is -2.95. The number of nitrogens with one attached hydrogen (secondary N) is 2. The number of para-hydroxylation sites is 1. The van der Waals surface area contributed by atoms with E-state index in [1.54, 1.807) is 0 Å². The van der Waals surface area contributed by atoms with Gasteiger partial charge in [0, 0.05) is 28.9 Å². The van der Waals surface area contributed by atoms with Gasteiger partial charge in [0.15, 0.2) is 0 Å². The van der Waals surface area contributed by atoms with Crippen LogP contribution in [0.3, 0.4) is 0 Å². The summed E-state index contributed by atoms with van der Waals surface area (Å²) in [5, 5.41) is 6.48. The van der Waals surface area contributed by atoms with Crippen LogP contribution in [0, 0.1) is 6.92 Å². The Morgan fingerprint density at radius 2 is 1.90 bits per heavy atom. The normalized spacial score (nSPS) is 21.7. The number of hydrogen-bond acceptors (Lipinski definition) is 4. The highest BCUT2D eigenvalue weighted by Crippen LogP contribution is 2.35. The van der Waals surface area contributed by atoms with Crippen molar-refractivity contribution in [2.45, 2.75) is 63.8 Å². The third-order valence-electron chi connectivity index (χ3n) is 6.12. The maximum absolute atomic E-state index is 12.7. The fourth-order valence-electron chi connectivity index (χ4n) is 4.32. The summed E-state index contributed by atoms with van der Waals surface area (Å²) in [6, 6.07) is 10.2. The summed E-state index contributed by atoms with van der Waals surface area (Å²) in [4.78, 5) is 21.9. The molecule has 1 heterocycles. The molecule has 1 atom stereocenters. The van der Waals surface area contributed by atoms with Gasteiger partial charge in [0.1, 0.15) is 0 Å². The van der Waals surface area contributed by atoms with E-state index in [0.717, 1.165) is 41.8 Å². The van der Waals surface area contributed by atoms with Gasteiger partial charge in [-0.05, 0) is 43.9 Å². The third kappa shape index (κ3) is 4.61. The van der Waals surface area contributed by atoms with Crippen molar-refractivity contribution in [1.29, 1.82) is 0 Å². The maximum atomic E-state index is 12.7. The summed E-state index contributed by atoms with van der Waals surface area (Å²) >= 11 is 0. The summed E-state index contributed by atoms with van der Waals surface area (Å²) in [7, 11) is 0.